The lowest BCUT2D eigenvalue weighted by molar-refractivity contribution is 0.0543. The predicted octanol–water partition coefficient (Wildman–Crippen LogP) is 11.3. The molecule has 0 unspecified atom stereocenters. The summed E-state index contributed by atoms with van der Waals surface area (Å²) in [4.78, 5) is 0. The van der Waals surface area contributed by atoms with Gasteiger partial charge in [0.05, 0.1) is 0 Å². The van der Waals surface area contributed by atoms with Gasteiger partial charge in [-0.15, -0.1) is 6.58 Å². The Morgan fingerprint density at radius 2 is 1.69 bits per heavy atom. The van der Waals surface area contributed by atoms with E-state index in [0.717, 1.165) is 44.1 Å². The Morgan fingerprint density at radius 1 is 1.05 bits per heavy atom. The molecular weight excluding hydrogens is 468 g/mol. The van der Waals surface area contributed by atoms with Gasteiger partial charge in [-0.05, 0) is 133 Å². The van der Waals surface area contributed by atoms with Gasteiger partial charge in [0.2, 0.25) is 0 Å². The Balaban J connectivity index is 1.96. The maximum absolute atomic E-state index is 4.90. The van der Waals surface area contributed by atoms with Crippen LogP contribution in [0.5, 0.6) is 0 Å². The summed E-state index contributed by atoms with van der Waals surface area (Å²) in [7, 11) is 0. The molecule has 0 saturated heterocycles. The van der Waals surface area contributed by atoms with E-state index in [1.165, 1.54) is 66.8 Å². The molecule has 0 saturated carbocycles. The van der Waals surface area contributed by atoms with E-state index in [1.807, 2.05) is 6.08 Å². The summed E-state index contributed by atoms with van der Waals surface area (Å²) < 4.78 is 0. The van der Waals surface area contributed by atoms with Crippen molar-refractivity contribution in [3.63, 3.8) is 0 Å². The van der Waals surface area contributed by atoms with Gasteiger partial charge in [0, 0.05) is 5.41 Å². The van der Waals surface area contributed by atoms with Crippen LogP contribution in [0.15, 0.2) is 84.0 Å². The molecule has 1 aromatic carbocycles. The zero-order chi connectivity index (χ0) is 29.2. The van der Waals surface area contributed by atoms with Crippen LogP contribution in [0, 0.1) is 23.2 Å². The van der Waals surface area contributed by atoms with Crippen molar-refractivity contribution in [3.05, 3.63) is 112 Å². The molecule has 0 fully saturated rings. The van der Waals surface area contributed by atoms with Crippen molar-refractivity contribution in [1.29, 1.82) is 0 Å². The summed E-state index contributed by atoms with van der Waals surface area (Å²) in [5.41, 5.74) is 17.9. The van der Waals surface area contributed by atoms with Gasteiger partial charge < -0.3 is 0 Å². The van der Waals surface area contributed by atoms with Gasteiger partial charge in [-0.2, -0.15) is 0 Å². The monoisotopic (exact) mass is 520 g/mol. The van der Waals surface area contributed by atoms with Gasteiger partial charge >= 0.3 is 0 Å². The third-order valence-corrected chi connectivity index (χ3v) is 10.9. The summed E-state index contributed by atoms with van der Waals surface area (Å²) in [6, 6.07) is 2.50. The Morgan fingerprint density at radius 3 is 2.26 bits per heavy atom. The highest BCUT2D eigenvalue weighted by Gasteiger charge is 2.59. The largest absolute Gasteiger partial charge is 0.103 e. The summed E-state index contributed by atoms with van der Waals surface area (Å²) in [6.45, 7) is 43.7. The summed E-state index contributed by atoms with van der Waals surface area (Å²) in [5, 5.41) is 0. The zero-order valence-corrected chi connectivity index (χ0v) is 26.5. The number of fused-ring (bicyclic) bond motifs is 3. The highest BCUT2D eigenvalue weighted by Crippen LogP contribution is 2.70. The van der Waals surface area contributed by atoms with Crippen molar-refractivity contribution in [1.82, 2.24) is 0 Å². The highest BCUT2D eigenvalue weighted by molar-refractivity contribution is 5.87. The molecule has 39 heavy (non-hydrogen) atoms. The Bertz CT molecular complexity index is 1380. The quantitative estimate of drug-likeness (QED) is 0.314. The third-order valence-electron chi connectivity index (χ3n) is 10.9. The first kappa shape index (κ1) is 29.4. The maximum atomic E-state index is 4.90. The first-order chi connectivity index (χ1) is 18.0. The van der Waals surface area contributed by atoms with Crippen LogP contribution in [0.3, 0.4) is 0 Å². The molecule has 0 nitrogen and oxygen atoms in total. The van der Waals surface area contributed by atoms with Crippen LogP contribution in [0.1, 0.15) is 115 Å². The maximum Gasteiger partial charge on any atom is 0.0194 e. The van der Waals surface area contributed by atoms with E-state index in [4.69, 9.17) is 13.2 Å². The van der Waals surface area contributed by atoms with Crippen molar-refractivity contribution in [2.75, 3.05) is 0 Å². The van der Waals surface area contributed by atoms with E-state index in [-0.39, 0.29) is 16.2 Å². The van der Waals surface area contributed by atoms with Crippen LogP contribution in [0.2, 0.25) is 0 Å². The minimum Gasteiger partial charge on any atom is -0.103 e. The molecule has 0 radical (unpaired) electrons. The van der Waals surface area contributed by atoms with Crippen molar-refractivity contribution >= 4 is 5.57 Å². The summed E-state index contributed by atoms with van der Waals surface area (Å²) in [5.74, 6) is 0.463. The Labute approximate surface area is 240 Å². The lowest BCUT2D eigenvalue weighted by Crippen LogP contribution is -2.52. The zero-order valence-electron chi connectivity index (χ0n) is 26.5. The topological polar surface area (TPSA) is 0 Å². The molecule has 208 valence electrons. The fraction of sp³-hybridized carbons (Fsp3) is 0.487. The lowest BCUT2D eigenvalue weighted by Gasteiger charge is -2.62. The SMILES string of the molecule is C=CCCC(=C)Cc1cc(C(C)C)c2c(c1C)C(=C)C1=C(C)[C@@]3(C)C(=C)C(C(=C)C)=C(C)C[C@@]3(C)C[C@@]1(C)C2. The molecule has 4 rings (SSSR count). The van der Waals surface area contributed by atoms with Crippen LogP contribution in [-0.4, -0.2) is 0 Å². The summed E-state index contributed by atoms with van der Waals surface area (Å²) >= 11 is 0. The number of hydrogen-bond donors (Lipinski definition) is 0. The second-order valence-electron chi connectivity index (χ2n) is 14.2. The van der Waals surface area contributed by atoms with Gasteiger partial charge in [-0.25, -0.2) is 0 Å². The van der Waals surface area contributed by atoms with Crippen LogP contribution in [0.4, 0.5) is 0 Å². The third kappa shape index (κ3) is 4.25. The minimum atomic E-state index is -0.124. The van der Waals surface area contributed by atoms with Gasteiger partial charge in [0.1, 0.15) is 0 Å². The molecular formula is C39H52. The highest BCUT2D eigenvalue weighted by atomic mass is 14.6. The molecule has 0 bridgehead atoms. The van der Waals surface area contributed by atoms with E-state index >= 15 is 0 Å². The lowest BCUT2D eigenvalue weighted by atomic mass is 9.41. The molecule has 3 aliphatic rings. The Hall–Kier alpha value is -2.60. The predicted molar refractivity (Wildman–Crippen MR) is 173 cm³/mol. The molecule has 0 N–H and O–H groups in total. The van der Waals surface area contributed by atoms with Crippen LogP contribution in [0.25, 0.3) is 5.57 Å². The van der Waals surface area contributed by atoms with Crippen molar-refractivity contribution in [2.45, 2.75) is 107 Å². The average Bonchev–Trinajstić information content (AvgIpc) is 2.81. The standard InChI is InChI=1S/C39H52/c1-15-16-17-25(6)18-31-19-32(23(2)3)33-21-37(12)22-38(13)20-26(7)34(24(4)5)29(10)39(38,14)30(11)36(37)28(9)35(33)27(31)8/h15,19,23H,1,4,6,9-10,16-18,20-22H2,2-3,5,7-8,11-14H3/t37-,38+,39-/m1/s1. The fourth-order valence-electron chi connectivity index (χ4n) is 9.05. The molecule has 0 heteroatoms. The first-order valence-electron chi connectivity index (χ1n) is 14.9. The average molecular weight is 521 g/mol. The van der Waals surface area contributed by atoms with E-state index in [9.17, 15) is 0 Å². The molecule has 0 aliphatic heterocycles. The molecule has 0 aromatic heterocycles. The smallest absolute Gasteiger partial charge is 0.0194 e. The first-order valence-corrected chi connectivity index (χ1v) is 14.9. The van der Waals surface area contributed by atoms with E-state index in [2.05, 4.69) is 88.1 Å². The molecule has 0 amide bonds. The van der Waals surface area contributed by atoms with Crippen LogP contribution >= 0.6 is 0 Å². The normalized spacial score (nSPS) is 28.4. The molecule has 3 aliphatic carbocycles. The minimum absolute atomic E-state index is 0.0505. The number of hydrogen-bond acceptors (Lipinski definition) is 0. The van der Waals surface area contributed by atoms with Gasteiger partial charge in [0.15, 0.2) is 0 Å². The number of allylic oxidation sites excluding steroid dienone is 9. The fourth-order valence-corrected chi connectivity index (χ4v) is 9.05. The van der Waals surface area contributed by atoms with Crippen molar-refractivity contribution < 1.29 is 0 Å². The molecule has 3 atom stereocenters. The second kappa shape index (κ2) is 9.79. The van der Waals surface area contributed by atoms with Gasteiger partial charge in [0.25, 0.3) is 0 Å². The molecule has 1 aromatic rings. The van der Waals surface area contributed by atoms with Crippen molar-refractivity contribution in [2.24, 2.45) is 16.2 Å². The van der Waals surface area contributed by atoms with Gasteiger partial charge in [-0.1, -0.05) is 95.4 Å². The van der Waals surface area contributed by atoms with E-state index in [1.54, 1.807) is 0 Å². The van der Waals surface area contributed by atoms with E-state index < -0.39 is 0 Å². The molecule has 0 heterocycles. The molecule has 0 spiro atoms. The van der Waals surface area contributed by atoms with E-state index in [0.29, 0.717) is 5.92 Å². The Kier molecular flexibility index (Phi) is 7.38. The number of rotatable bonds is 7. The second-order valence-corrected chi connectivity index (χ2v) is 14.2. The van der Waals surface area contributed by atoms with Crippen LogP contribution < -0.4 is 0 Å². The number of benzene rings is 1. The van der Waals surface area contributed by atoms with Crippen LogP contribution in [-0.2, 0) is 12.8 Å². The van der Waals surface area contributed by atoms with Gasteiger partial charge in [-0.3, -0.25) is 0 Å². The van der Waals surface area contributed by atoms with Crippen molar-refractivity contribution in [3.8, 4) is 0 Å². The summed E-state index contributed by atoms with van der Waals surface area (Å²) in [6.07, 6.45) is 8.21.